The molecule has 1 aromatic heterocycles. The molecule has 0 saturated carbocycles. The van der Waals surface area contributed by atoms with Crippen LogP contribution in [0.4, 0.5) is 0 Å². The number of nitrogens with two attached hydrogens (primary N) is 1. The van der Waals surface area contributed by atoms with Crippen LogP contribution in [0.2, 0.25) is 0 Å². The van der Waals surface area contributed by atoms with Gasteiger partial charge < -0.3 is 10.5 Å². The van der Waals surface area contributed by atoms with Crippen molar-refractivity contribution >= 4 is 6.02 Å². The van der Waals surface area contributed by atoms with Crippen molar-refractivity contribution in [1.29, 1.82) is 5.41 Å². The van der Waals surface area contributed by atoms with Crippen LogP contribution in [-0.4, -0.2) is 15.8 Å². The second-order valence-electron chi connectivity index (χ2n) is 2.55. The van der Waals surface area contributed by atoms with Crippen LogP contribution in [0.15, 0.2) is 6.07 Å². The zero-order chi connectivity index (χ0) is 9.14. The van der Waals surface area contributed by atoms with Crippen LogP contribution in [0.1, 0.15) is 11.4 Å². The molecule has 0 atom stereocenters. The van der Waals surface area contributed by atoms with E-state index in [0.29, 0.717) is 6.61 Å². The van der Waals surface area contributed by atoms with Crippen molar-refractivity contribution in [2.24, 2.45) is 12.8 Å². The van der Waals surface area contributed by atoms with Crippen LogP contribution in [0.25, 0.3) is 0 Å². The van der Waals surface area contributed by atoms with Crippen LogP contribution >= 0.6 is 0 Å². The number of nitrogens with one attached hydrogen (secondary N) is 1. The number of hydrogen-bond donors (Lipinski definition) is 2. The number of ether oxygens (including phenoxy) is 1. The Morgan fingerprint density at radius 3 is 2.92 bits per heavy atom. The van der Waals surface area contributed by atoms with Gasteiger partial charge >= 0.3 is 0 Å². The lowest BCUT2D eigenvalue weighted by atomic mass is 10.4. The van der Waals surface area contributed by atoms with Gasteiger partial charge in [0.1, 0.15) is 6.61 Å². The van der Waals surface area contributed by atoms with Gasteiger partial charge in [-0.05, 0) is 13.0 Å². The lowest BCUT2D eigenvalue weighted by Crippen LogP contribution is -2.15. The number of hydrogen-bond acceptors (Lipinski definition) is 3. The van der Waals surface area contributed by atoms with Gasteiger partial charge in [0.25, 0.3) is 6.02 Å². The first kappa shape index (κ1) is 8.58. The Kier molecular flexibility index (Phi) is 2.32. The largest absolute Gasteiger partial charge is 0.459 e. The summed E-state index contributed by atoms with van der Waals surface area (Å²) < 4.78 is 6.53. The summed E-state index contributed by atoms with van der Waals surface area (Å²) in [6, 6.07) is 1.62. The number of aromatic nitrogens is 2. The molecule has 0 amide bonds. The highest BCUT2D eigenvalue weighted by Crippen LogP contribution is 2.02. The summed E-state index contributed by atoms with van der Waals surface area (Å²) >= 11 is 0. The fourth-order valence-electron chi connectivity index (χ4n) is 0.951. The van der Waals surface area contributed by atoms with Gasteiger partial charge in [-0.1, -0.05) is 0 Å². The molecule has 1 rings (SSSR count). The number of nitrogens with zero attached hydrogens (tertiary/aromatic N) is 2. The van der Waals surface area contributed by atoms with E-state index in [1.165, 1.54) is 0 Å². The molecule has 12 heavy (non-hydrogen) atoms. The van der Waals surface area contributed by atoms with Gasteiger partial charge in [-0.3, -0.25) is 10.1 Å². The molecule has 66 valence electrons. The number of rotatable bonds is 2. The lowest BCUT2D eigenvalue weighted by molar-refractivity contribution is 0.274. The number of aryl methyl sites for hydroxylation is 2. The Labute approximate surface area is 70.6 Å². The third-order valence-corrected chi connectivity index (χ3v) is 1.47. The zero-order valence-corrected chi connectivity index (χ0v) is 7.16. The second-order valence-corrected chi connectivity index (χ2v) is 2.55. The van der Waals surface area contributed by atoms with E-state index in [-0.39, 0.29) is 6.02 Å². The highest BCUT2D eigenvalue weighted by molar-refractivity contribution is 5.67. The molecule has 3 N–H and O–H groups in total. The third kappa shape index (κ3) is 1.98. The molecule has 5 nitrogen and oxygen atoms in total. The Bertz CT molecular complexity index is 292. The van der Waals surface area contributed by atoms with E-state index in [2.05, 4.69) is 5.10 Å². The third-order valence-electron chi connectivity index (χ3n) is 1.47. The maximum Gasteiger partial charge on any atom is 0.279 e. The molecule has 1 heterocycles. The van der Waals surface area contributed by atoms with Gasteiger partial charge in [-0.15, -0.1) is 0 Å². The van der Waals surface area contributed by atoms with Gasteiger partial charge in [0, 0.05) is 7.05 Å². The molecular weight excluding hydrogens is 156 g/mol. The molecule has 5 heteroatoms. The summed E-state index contributed by atoms with van der Waals surface area (Å²) in [4.78, 5) is 0. The standard InChI is InChI=1S/C7H12N4O/c1-5-3-6(11(2)10-5)4-12-7(8)9/h3H,4H2,1-2H3,(H3,8,9). The van der Waals surface area contributed by atoms with E-state index in [1.807, 2.05) is 20.0 Å². The van der Waals surface area contributed by atoms with Crippen molar-refractivity contribution in [3.63, 3.8) is 0 Å². The summed E-state index contributed by atoms with van der Waals surface area (Å²) in [5, 5.41) is 11.0. The molecule has 0 radical (unpaired) electrons. The molecule has 0 aromatic carbocycles. The number of amidine groups is 1. The van der Waals surface area contributed by atoms with Gasteiger partial charge in [-0.25, -0.2) is 0 Å². The van der Waals surface area contributed by atoms with E-state index in [9.17, 15) is 0 Å². The van der Waals surface area contributed by atoms with E-state index in [1.54, 1.807) is 4.68 Å². The van der Waals surface area contributed by atoms with Gasteiger partial charge in [0.15, 0.2) is 0 Å². The van der Waals surface area contributed by atoms with Crippen LogP contribution in [0.5, 0.6) is 0 Å². The first-order chi connectivity index (χ1) is 5.59. The van der Waals surface area contributed by atoms with Crippen LogP contribution in [0.3, 0.4) is 0 Å². The second kappa shape index (κ2) is 3.25. The molecule has 0 spiro atoms. The monoisotopic (exact) mass is 168 g/mol. The van der Waals surface area contributed by atoms with Crippen molar-refractivity contribution < 1.29 is 4.74 Å². The fraction of sp³-hybridized carbons (Fsp3) is 0.429. The molecule has 0 bridgehead atoms. The van der Waals surface area contributed by atoms with Crippen molar-refractivity contribution in [2.75, 3.05) is 0 Å². The van der Waals surface area contributed by atoms with E-state index in [4.69, 9.17) is 15.9 Å². The lowest BCUT2D eigenvalue weighted by Gasteiger charge is -2.02. The van der Waals surface area contributed by atoms with Crippen molar-refractivity contribution in [3.8, 4) is 0 Å². The average molecular weight is 168 g/mol. The molecule has 0 fully saturated rings. The normalized spacial score (nSPS) is 9.83. The molecule has 0 unspecified atom stereocenters. The first-order valence-corrected chi connectivity index (χ1v) is 3.56. The maximum absolute atomic E-state index is 6.85. The molecule has 0 saturated heterocycles. The van der Waals surface area contributed by atoms with Crippen LogP contribution in [-0.2, 0) is 18.4 Å². The predicted molar refractivity (Wildman–Crippen MR) is 44.6 cm³/mol. The quantitative estimate of drug-likeness (QED) is 0.487. The van der Waals surface area contributed by atoms with Crippen molar-refractivity contribution in [3.05, 3.63) is 17.5 Å². The van der Waals surface area contributed by atoms with Crippen LogP contribution < -0.4 is 5.73 Å². The predicted octanol–water partition coefficient (Wildman–Crippen LogP) is 0.139. The Hall–Kier alpha value is -1.52. The SMILES string of the molecule is Cc1cc(COC(=N)N)n(C)n1. The molecule has 1 aromatic rings. The molecule has 0 aliphatic carbocycles. The topological polar surface area (TPSA) is 76.9 Å². The Balaban J connectivity index is 2.62. The summed E-state index contributed by atoms with van der Waals surface area (Å²) in [6.45, 7) is 2.20. The highest BCUT2D eigenvalue weighted by Gasteiger charge is 2.01. The summed E-state index contributed by atoms with van der Waals surface area (Å²) in [7, 11) is 1.83. The van der Waals surface area contributed by atoms with Gasteiger partial charge in [0.2, 0.25) is 0 Å². The molecule has 0 aliphatic heterocycles. The molecular formula is C7H12N4O. The van der Waals surface area contributed by atoms with E-state index in [0.717, 1.165) is 11.4 Å². The van der Waals surface area contributed by atoms with Crippen molar-refractivity contribution in [2.45, 2.75) is 13.5 Å². The zero-order valence-electron chi connectivity index (χ0n) is 7.16. The fourth-order valence-corrected chi connectivity index (χ4v) is 0.951. The minimum absolute atomic E-state index is 0.270. The Morgan fingerprint density at radius 1 is 1.83 bits per heavy atom. The smallest absolute Gasteiger partial charge is 0.279 e. The van der Waals surface area contributed by atoms with Gasteiger partial charge in [-0.2, -0.15) is 5.10 Å². The first-order valence-electron chi connectivity index (χ1n) is 3.56. The summed E-state index contributed by atoms with van der Waals surface area (Å²) in [5.74, 6) is 0. The van der Waals surface area contributed by atoms with Crippen LogP contribution in [0, 0.1) is 12.3 Å². The molecule has 0 aliphatic rings. The summed E-state index contributed by atoms with van der Waals surface area (Å²) in [5.41, 5.74) is 6.86. The minimum Gasteiger partial charge on any atom is -0.459 e. The summed E-state index contributed by atoms with van der Waals surface area (Å²) in [6.07, 6.45) is 0. The highest BCUT2D eigenvalue weighted by atomic mass is 16.5. The van der Waals surface area contributed by atoms with E-state index >= 15 is 0 Å². The van der Waals surface area contributed by atoms with Crippen molar-refractivity contribution in [1.82, 2.24) is 9.78 Å². The minimum atomic E-state index is -0.270. The van der Waals surface area contributed by atoms with E-state index < -0.39 is 0 Å². The maximum atomic E-state index is 6.85. The average Bonchev–Trinajstić information content (AvgIpc) is 2.26. The van der Waals surface area contributed by atoms with Gasteiger partial charge in [0.05, 0.1) is 11.4 Å². The Morgan fingerprint density at radius 2 is 2.50 bits per heavy atom.